The number of nitrogens with zero attached hydrogens (tertiary/aromatic N) is 2. The molecule has 0 radical (unpaired) electrons. The van der Waals surface area contributed by atoms with E-state index in [2.05, 4.69) is 18.7 Å². The first kappa shape index (κ1) is 34.3. The van der Waals surface area contributed by atoms with E-state index in [1.807, 2.05) is 59.0 Å². The number of ketones is 1. The van der Waals surface area contributed by atoms with Gasteiger partial charge < -0.3 is 14.6 Å². The van der Waals surface area contributed by atoms with E-state index in [4.69, 9.17) is 0 Å². The van der Waals surface area contributed by atoms with Crippen molar-refractivity contribution in [2.45, 2.75) is 93.0 Å². The van der Waals surface area contributed by atoms with Crippen molar-refractivity contribution < 1.29 is 19.1 Å². The zero-order valence-corrected chi connectivity index (χ0v) is 28.2. The highest BCUT2D eigenvalue weighted by Crippen LogP contribution is 2.36. The molecule has 0 spiro atoms. The molecular formula is C38H49FN2O4. The second-order valence-corrected chi connectivity index (χ2v) is 14.4. The molecule has 1 aliphatic heterocycles. The molecule has 6 nitrogen and oxygen atoms in total. The number of carbonyl (C=O) groups excluding carboxylic acids is 1. The summed E-state index contributed by atoms with van der Waals surface area (Å²) in [5.74, 6) is -2.64. The smallest absolute Gasteiger partial charge is 0.303 e. The first-order chi connectivity index (χ1) is 21.1. The molecule has 4 rings (SSSR count). The maximum Gasteiger partial charge on any atom is 0.303 e. The van der Waals surface area contributed by atoms with Crippen LogP contribution in [-0.4, -0.2) is 46.0 Å². The molecular weight excluding hydrogens is 567 g/mol. The molecule has 0 saturated carbocycles. The number of hydrogen-bond donors (Lipinski definition) is 1. The summed E-state index contributed by atoms with van der Waals surface area (Å²) in [7, 11) is 0. The number of Topliss-reactive ketones (excluding diaryl/α,β-unsaturated/α-hetero) is 1. The van der Waals surface area contributed by atoms with Gasteiger partial charge in [-0.25, -0.2) is 4.39 Å². The summed E-state index contributed by atoms with van der Waals surface area (Å²) in [5.41, 5.74) is 6.44. The van der Waals surface area contributed by atoms with Gasteiger partial charge in [0.1, 0.15) is 5.82 Å². The third-order valence-corrected chi connectivity index (χ3v) is 9.16. The molecule has 2 atom stereocenters. The summed E-state index contributed by atoms with van der Waals surface area (Å²) >= 11 is 0. The lowest BCUT2D eigenvalue weighted by Crippen LogP contribution is -2.53. The number of aromatic nitrogens is 1. The summed E-state index contributed by atoms with van der Waals surface area (Å²) in [6.45, 7) is 19.0. The van der Waals surface area contributed by atoms with Crippen LogP contribution in [0.1, 0.15) is 92.3 Å². The Labute approximate surface area is 267 Å². The highest BCUT2D eigenvalue weighted by molar-refractivity contribution is 5.84. The Kier molecular flexibility index (Phi) is 10.5. The van der Waals surface area contributed by atoms with Gasteiger partial charge >= 0.3 is 5.97 Å². The topological polar surface area (TPSA) is 79.6 Å². The van der Waals surface area contributed by atoms with Crippen LogP contribution in [0.5, 0.6) is 0 Å². The number of carboxylic acids is 1. The summed E-state index contributed by atoms with van der Waals surface area (Å²) in [5, 5.41) is 9.87. The Morgan fingerprint density at radius 1 is 0.956 bits per heavy atom. The molecule has 0 bridgehead atoms. The van der Waals surface area contributed by atoms with E-state index in [0.717, 1.165) is 59.4 Å². The second-order valence-electron chi connectivity index (χ2n) is 14.4. The average Bonchev–Trinajstić information content (AvgIpc) is 2.91. The lowest BCUT2D eigenvalue weighted by Gasteiger charge is -2.46. The van der Waals surface area contributed by atoms with E-state index in [1.165, 1.54) is 4.57 Å². The van der Waals surface area contributed by atoms with E-state index in [0.29, 0.717) is 17.4 Å². The summed E-state index contributed by atoms with van der Waals surface area (Å²) in [4.78, 5) is 42.0. The number of aliphatic carboxylic acids is 1. The van der Waals surface area contributed by atoms with Gasteiger partial charge in [0.15, 0.2) is 5.78 Å². The summed E-state index contributed by atoms with van der Waals surface area (Å²) < 4.78 is 17.4. The number of pyridine rings is 1. The number of hydrogen-bond acceptors (Lipinski definition) is 4. The fourth-order valence-electron chi connectivity index (χ4n) is 7.03. The minimum Gasteiger partial charge on any atom is -0.481 e. The maximum absolute atomic E-state index is 15.8. The molecule has 0 amide bonds. The van der Waals surface area contributed by atoms with Crippen molar-refractivity contribution in [2.75, 3.05) is 19.6 Å². The Hall–Kier alpha value is -3.58. The second kappa shape index (κ2) is 13.8. The number of benzene rings is 2. The van der Waals surface area contributed by atoms with Gasteiger partial charge in [-0.15, -0.1) is 0 Å². The Morgan fingerprint density at radius 2 is 1.60 bits per heavy atom. The van der Waals surface area contributed by atoms with Crippen molar-refractivity contribution in [2.24, 2.45) is 11.3 Å². The molecule has 1 fully saturated rings. The van der Waals surface area contributed by atoms with Gasteiger partial charge in [-0.3, -0.25) is 14.4 Å². The number of likely N-dealkylation sites (tertiary alicyclic amines) is 1. The van der Waals surface area contributed by atoms with Crippen LogP contribution in [0.2, 0.25) is 0 Å². The van der Waals surface area contributed by atoms with Crippen LogP contribution >= 0.6 is 0 Å². The van der Waals surface area contributed by atoms with E-state index < -0.39 is 30.2 Å². The number of aryl methyl sites for hydroxylation is 4. The van der Waals surface area contributed by atoms with Crippen LogP contribution in [0.25, 0.3) is 11.1 Å². The molecule has 2 aromatic carbocycles. The number of carbonyl (C=O) groups is 2. The number of rotatable bonds is 13. The maximum atomic E-state index is 15.8. The predicted octanol–water partition coefficient (Wildman–Crippen LogP) is 7.58. The van der Waals surface area contributed by atoms with Gasteiger partial charge in [0.2, 0.25) is 0 Å². The normalized spacial score (nSPS) is 16.0. The SMILES string of the molecule is Cc1cc(=O)n(C(CC(C)C)C(=O)C[C@@H](CC(=O)O)c2cc(-c3c(C)cccc3C)cc(C)c2F)cc1CCN1CC(C)(C)C1. The largest absolute Gasteiger partial charge is 0.481 e. The van der Waals surface area contributed by atoms with Crippen molar-refractivity contribution in [1.82, 2.24) is 9.47 Å². The van der Waals surface area contributed by atoms with Crippen molar-refractivity contribution >= 4 is 11.8 Å². The van der Waals surface area contributed by atoms with Crippen LogP contribution in [0.15, 0.2) is 47.4 Å². The molecule has 7 heteroatoms. The first-order valence-electron chi connectivity index (χ1n) is 16.1. The third kappa shape index (κ3) is 8.18. The van der Waals surface area contributed by atoms with Gasteiger partial charge in [0.05, 0.1) is 12.5 Å². The molecule has 242 valence electrons. The Balaban J connectivity index is 1.69. The molecule has 2 heterocycles. The minimum atomic E-state index is -1.10. The average molecular weight is 617 g/mol. The molecule has 1 unspecified atom stereocenters. The van der Waals surface area contributed by atoms with E-state index in [1.54, 1.807) is 25.1 Å². The van der Waals surface area contributed by atoms with E-state index in [-0.39, 0.29) is 29.2 Å². The Bertz CT molecular complexity index is 1610. The van der Waals surface area contributed by atoms with Gasteiger partial charge in [-0.2, -0.15) is 0 Å². The molecule has 3 aromatic rings. The molecule has 1 aromatic heterocycles. The third-order valence-electron chi connectivity index (χ3n) is 9.16. The highest BCUT2D eigenvalue weighted by Gasteiger charge is 2.34. The quantitative estimate of drug-likeness (QED) is 0.214. The van der Waals surface area contributed by atoms with Gasteiger partial charge in [-0.1, -0.05) is 45.9 Å². The number of carboxylic acid groups (broad SMARTS) is 1. The molecule has 0 aliphatic carbocycles. The summed E-state index contributed by atoms with van der Waals surface area (Å²) in [6, 6.07) is 10.3. The van der Waals surface area contributed by atoms with Crippen LogP contribution in [0.4, 0.5) is 4.39 Å². The molecule has 1 N–H and O–H groups in total. The predicted molar refractivity (Wildman–Crippen MR) is 179 cm³/mol. The van der Waals surface area contributed by atoms with Crippen LogP contribution < -0.4 is 5.56 Å². The monoisotopic (exact) mass is 616 g/mol. The summed E-state index contributed by atoms with van der Waals surface area (Å²) in [6.07, 6.45) is 2.43. The minimum absolute atomic E-state index is 0.100. The lowest BCUT2D eigenvalue weighted by atomic mass is 9.83. The fourth-order valence-corrected chi connectivity index (χ4v) is 7.03. The van der Waals surface area contributed by atoms with Crippen molar-refractivity contribution in [3.63, 3.8) is 0 Å². The van der Waals surface area contributed by atoms with Crippen molar-refractivity contribution in [1.29, 1.82) is 0 Å². The molecule has 1 saturated heterocycles. The van der Waals surface area contributed by atoms with Gasteiger partial charge in [0.25, 0.3) is 5.56 Å². The lowest BCUT2D eigenvalue weighted by molar-refractivity contribution is -0.137. The van der Waals surface area contributed by atoms with E-state index in [9.17, 15) is 19.5 Å². The first-order valence-corrected chi connectivity index (χ1v) is 16.1. The highest BCUT2D eigenvalue weighted by atomic mass is 19.1. The van der Waals surface area contributed by atoms with Crippen LogP contribution in [-0.2, 0) is 16.0 Å². The van der Waals surface area contributed by atoms with Crippen molar-refractivity contribution in [3.05, 3.63) is 92.1 Å². The Morgan fingerprint density at radius 3 is 2.18 bits per heavy atom. The van der Waals surface area contributed by atoms with Gasteiger partial charge in [0, 0.05) is 44.2 Å². The zero-order valence-electron chi connectivity index (χ0n) is 28.2. The van der Waals surface area contributed by atoms with Gasteiger partial charge in [-0.05, 0) is 109 Å². The van der Waals surface area contributed by atoms with Crippen LogP contribution in [0, 0.1) is 44.8 Å². The molecule has 1 aliphatic rings. The molecule has 45 heavy (non-hydrogen) atoms. The van der Waals surface area contributed by atoms with Crippen molar-refractivity contribution in [3.8, 4) is 11.1 Å². The number of halogens is 1. The fraction of sp³-hybridized carbons (Fsp3) is 0.500. The van der Waals surface area contributed by atoms with E-state index >= 15 is 4.39 Å². The van der Waals surface area contributed by atoms with Crippen LogP contribution in [0.3, 0.4) is 0 Å². The zero-order chi connectivity index (χ0) is 33.2. The standard InChI is InChI=1S/C38H49FN2O4/c1-23(2)14-32(41-20-28(26(5)16-34(41)43)12-13-40-21-38(7,8)22-40)33(42)18-29(19-35(44)45)31-17-30(15-27(6)37(31)39)36-24(3)10-9-11-25(36)4/h9-11,15-17,20,23,29,32H,12-14,18-19,21-22H2,1-8H3,(H,44,45)/t29-,32?/m0/s1.